The molecule has 2 nitrogen and oxygen atoms in total. The SMILES string of the molecule is c1cc(-c2ccc(N(c3ccc(-c4ccc5oc6ccccc6c5c4)cc3)c3ccc4c(c3)sc3ccccc34)cc2)cc(-c2ccc3ccccc3c2)c1. The van der Waals surface area contributed by atoms with E-state index in [1.807, 2.05) is 23.5 Å². The maximum Gasteiger partial charge on any atom is 0.135 e. The van der Waals surface area contributed by atoms with E-state index in [1.165, 1.54) is 58.8 Å². The molecule has 55 heavy (non-hydrogen) atoms. The summed E-state index contributed by atoms with van der Waals surface area (Å²) in [5.74, 6) is 0. The van der Waals surface area contributed by atoms with Gasteiger partial charge in [-0.25, -0.2) is 0 Å². The average Bonchev–Trinajstić information content (AvgIpc) is 3.82. The van der Waals surface area contributed by atoms with Crippen LogP contribution in [-0.2, 0) is 0 Å². The number of nitrogens with zero attached hydrogens (tertiary/aromatic N) is 1. The molecular formula is C52H33NOS. The number of anilines is 3. The first-order valence-corrected chi connectivity index (χ1v) is 19.5. The van der Waals surface area contributed by atoms with E-state index in [0.29, 0.717) is 0 Å². The van der Waals surface area contributed by atoms with Crippen molar-refractivity contribution in [2.24, 2.45) is 0 Å². The molecule has 2 aromatic heterocycles. The molecule has 0 spiro atoms. The van der Waals surface area contributed by atoms with Gasteiger partial charge in [0.1, 0.15) is 11.2 Å². The van der Waals surface area contributed by atoms with Gasteiger partial charge < -0.3 is 9.32 Å². The van der Waals surface area contributed by atoms with Crippen molar-refractivity contribution < 1.29 is 4.42 Å². The Morgan fingerprint density at radius 3 is 1.67 bits per heavy atom. The largest absolute Gasteiger partial charge is 0.456 e. The standard InChI is InChI=1S/C52H33NOS/c1-2-9-37-31-40(17-16-34(37)8-1)39-11-7-10-38(30-39)35-18-23-42(24-19-35)53(44-27-28-47-46-13-4-6-15-51(46)55-52(47)33-44)43-25-20-36(21-26-43)41-22-29-50-48(32-41)45-12-3-5-14-49(45)54-50/h1-33H. The maximum atomic E-state index is 6.11. The highest BCUT2D eigenvalue weighted by Gasteiger charge is 2.16. The Kier molecular flexibility index (Phi) is 7.39. The first-order chi connectivity index (χ1) is 27.2. The second kappa shape index (κ2) is 12.9. The number of fused-ring (bicyclic) bond motifs is 7. The average molecular weight is 720 g/mol. The lowest BCUT2D eigenvalue weighted by atomic mass is 9.97. The number of rotatable bonds is 6. The molecule has 3 heteroatoms. The van der Waals surface area contributed by atoms with Crippen molar-refractivity contribution in [2.45, 2.75) is 0 Å². The van der Waals surface area contributed by atoms with E-state index in [1.54, 1.807) is 0 Å². The molecule has 9 aromatic carbocycles. The van der Waals surface area contributed by atoms with E-state index in [2.05, 4.69) is 193 Å². The van der Waals surface area contributed by atoms with Gasteiger partial charge in [-0.1, -0.05) is 127 Å². The van der Waals surface area contributed by atoms with Crippen LogP contribution in [0.5, 0.6) is 0 Å². The van der Waals surface area contributed by atoms with Crippen molar-refractivity contribution in [3.63, 3.8) is 0 Å². The van der Waals surface area contributed by atoms with E-state index in [-0.39, 0.29) is 0 Å². The van der Waals surface area contributed by atoms with Crippen molar-refractivity contribution in [3.8, 4) is 33.4 Å². The molecule has 0 radical (unpaired) electrons. The topological polar surface area (TPSA) is 16.4 Å². The van der Waals surface area contributed by atoms with Crippen molar-refractivity contribution in [1.29, 1.82) is 0 Å². The molecule has 0 fully saturated rings. The van der Waals surface area contributed by atoms with E-state index in [4.69, 9.17) is 4.42 Å². The lowest BCUT2D eigenvalue weighted by Crippen LogP contribution is -2.09. The predicted octanol–water partition coefficient (Wildman–Crippen LogP) is 15.6. The minimum atomic E-state index is 0.910. The third kappa shape index (κ3) is 5.56. The number of hydrogen-bond acceptors (Lipinski definition) is 3. The van der Waals surface area contributed by atoms with E-state index >= 15 is 0 Å². The zero-order valence-electron chi connectivity index (χ0n) is 29.8. The summed E-state index contributed by atoms with van der Waals surface area (Å²) in [5, 5.41) is 7.39. The predicted molar refractivity (Wildman–Crippen MR) is 235 cm³/mol. The van der Waals surface area contributed by atoms with Crippen LogP contribution >= 0.6 is 11.3 Å². The number of hydrogen-bond donors (Lipinski definition) is 0. The van der Waals surface area contributed by atoms with Gasteiger partial charge in [-0.2, -0.15) is 0 Å². The van der Waals surface area contributed by atoms with Crippen molar-refractivity contribution in [3.05, 3.63) is 200 Å². The molecule has 2 heterocycles. The molecule has 0 atom stereocenters. The summed E-state index contributed by atoms with van der Waals surface area (Å²) in [4.78, 5) is 2.37. The third-order valence-corrected chi connectivity index (χ3v) is 12.0. The van der Waals surface area contributed by atoms with E-state index in [9.17, 15) is 0 Å². The highest BCUT2D eigenvalue weighted by atomic mass is 32.1. The minimum absolute atomic E-state index is 0.910. The Morgan fingerprint density at radius 1 is 0.309 bits per heavy atom. The molecule has 0 N–H and O–H groups in total. The third-order valence-electron chi connectivity index (χ3n) is 10.9. The number of benzene rings is 9. The zero-order valence-corrected chi connectivity index (χ0v) is 30.6. The smallest absolute Gasteiger partial charge is 0.135 e. The molecule has 258 valence electrons. The summed E-state index contributed by atoms with van der Waals surface area (Å²) in [6.45, 7) is 0. The first kappa shape index (κ1) is 31.6. The molecule has 11 rings (SSSR count). The van der Waals surface area contributed by atoms with Crippen molar-refractivity contribution in [2.75, 3.05) is 4.90 Å². The molecule has 0 aliphatic heterocycles. The summed E-state index contributed by atoms with van der Waals surface area (Å²) < 4.78 is 8.70. The molecule has 0 aliphatic carbocycles. The second-order valence-electron chi connectivity index (χ2n) is 14.2. The molecule has 0 unspecified atom stereocenters. The summed E-state index contributed by atoms with van der Waals surface area (Å²) in [5.41, 5.74) is 12.3. The summed E-state index contributed by atoms with van der Waals surface area (Å²) in [6, 6.07) is 72.4. The van der Waals surface area contributed by atoms with Crippen LogP contribution in [0.1, 0.15) is 0 Å². The number of furan rings is 1. The van der Waals surface area contributed by atoms with Gasteiger partial charge in [0.25, 0.3) is 0 Å². The molecule has 11 aromatic rings. The van der Waals surface area contributed by atoms with Gasteiger partial charge in [0.05, 0.1) is 0 Å². The highest BCUT2D eigenvalue weighted by Crippen LogP contribution is 2.42. The fourth-order valence-corrected chi connectivity index (χ4v) is 9.20. The van der Waals surface area contributed by atoms with Gasteiger partial charge in [-0.05, 0) is 117 Å². The normalized spacial score (nSPS) is 11.6. The van der Waals surface area contributed by atoms with Gasteiger partial charge in [0.15, 0.2) is 0 Å². The molecular weight excluding hydrogens is 687 g/mol. The van der Waals surface area contributed by atoms with Gasteiger partial charge in [0.2, 0.25) is 0 Å². The molecule has 0 bridgehead atoms. The lowest BCUT2D eigenvalue weighted by Gasteiger charge is -2.26. The Hall–Kier alpha value is -6.94. The van der Waals surface area contributed by atoms with Crippen LogP contribution < -0.4 is 4.90 Å². The molecule has 0 aliphatic rings. The van der Waals surface area contributed by atoms with Gasteiger partial charge in [-0.15, -0.1) is 11.3 Å². The number of thiophene rings is 1. The van der Waals surface area contributed by atoms with Crippen LogP contribution in [0.2, 0.25) is 0 Å². The monoisotopic (exact) mass is 719 g/mol. The summed E-state index contributed by atoms with van der Waals surface area (Å²) in [7, 11) is 0. The summed E-state index contributed by atoms with van der Waals surface area (Å²) >= 11 is 1.85. The Balaban J connectivity index is 0.974. The van der Waals surface area contributed by atoms with Crippen LogP contribution in [0.3, 0.4) is 0 Å². The van der Waals surface area contributed by atoms with Crippen LogP contribution in [0.4, 0.5) is 17.1 Å². The van der Waals surface area contributed by atoms with Crippen molar-refractivity contribution >= 4 is 81.3 Å². The van der Waals surface area contributed by atoms with Crippen LogP contribution in [0, 0.1) is 0 Å². The Bertz CT molecular complexity index is 3210. The van der Waals surface area contributed by atoms with Gasteiger partial charge in [-0.3, -0.25) is 0 Å². The quantitative estimate of drug-likeness (QED) is 0.170. The highest BCUT2D eigenvalue weighted by molar-refractivity contribution is 7.25. The first-order valence-electron chi connectivity index (χ1n) is 18.6. The van der Waals surface area contributed by atoms with E-state index in [0.717, 1.165) is 44.6 Å². The van der Waals surface area contributed by atoms with Gasteiger partial charge >= 0.3 is 0 Å². The van der Waals surface area contributed by atoms with Crippen LogP contribution in [0.25, 0.3) is 86.3 Å². The van der Waals surface area contributed by atoms with Crippen LogP contribution in [0.15, 0.2) is 205 Å². The van der Waals surface area contributed by atoms with E-state index < -0.39 is 0 Å². The fraction of sp³-hybridized carbons (Fsp3) is 0. The minimum Gasteiger partial charge on any atom is -0.456 e. The second-order valence-corrected chi connectivity index (χ2v) is 15.2. The van der Waals surface area contributed by atoms with Crippen LogP contribution in [-0.4, -0.2) is 0 Å². The van der Waals surface area contributed by atoms with Gasteiger partial charge in [0, 0.05) is 48.0 Å². The molecule has 0 amide bonds. The zero-order chi connectivity index (χ0) is 36.3. The van der Waals surface area contributed by atoms with Crippen molar-refractivity contribution in [1.82, 2.24) is 0 Å². The molecule has 0 saturated heterocycles. The summed E-state index contributed by atoms with van der Waals surface area (Å²) in [6.07, 6.45) is 0. The maximum absolute atomic E-state index is 6.11. The lowest BCUT2D eigenvalue weighted by molar-refractivity contribution is 0.669. The Labute approximate surface area is 322 Å². The Morgan fingerprint density at radius 2 is 0.873 bits per heavy atom. The number of para-hydroxylation sites is 1. The molecule has 0 saturated carbocycles. The fourth-order valence-electron chi connectivity index (χ4n) is 8.06.